The number of hydrogen-bond donors (Lipinski definition) is 2. The maximum atomic E-state index is 11.5. The molecule has 232 valence electrons. The molecule has 41 heavy (non-hydrogen) atoms. The molecule has 3 heteroatoms. The molecule has 0 saturated heterocycles. The first-order valence-corrected chi connectivity index (χ1v) is 16.3. The average Bonchev–Trinajstić information content (AvgIpc) is 2.70. The van der Waals surface area contributed by atoms with Crippen LogP contribution in [0.15, 0.2) is 24.3 Å². The van der Waals surface area contributed by atoms with Crippen LogP contribution in [0.1, 0.15) is 169 Å². The lowest BCUT2D eigenvalue weighted by Gasteiger charge is -2.41. The van der Waals surface area contributed by atoms with Gasteiger partial charge in [0.2, 0.25) is 0 Å². The molecule has 0 heterocycles. The van der Waals surface area contributed by atoms with Crippen molar-refractivity contribution in [3.05, 3.63) is 57.6 Å². The summed E-state index contributed by atoms with van der Waals surface area (Å²) in [5.41, 5.74) is 5.78. The lowest BCUT2D eigenvalue weighted by molar-refractivity contribution is 0.374. The van der Waals surface area contributed by atoms with E-state index in [1.165, 1.54) is 11.1 Å². The Morgan fingerprint density at radius 3 is 0.756 bits per heavy atom. The molecule has 2 nitrogen and oxygen atoms in total. The number of hydrogen-bond acceptors (Lipinski definition) is 3. The zero-order valence-electron chi connectivity index (χ0n) is 29.8. The second-order valence-electron chi connectivity index (χ2n) is 18.6. The fraction of sp³-hybridized carbons (Fsp3) is 0.684. The molecular weight excluding hydrogens is 520 g/mol. The molecule has 2 rings (SSSR count). The lowest BCUT2D eigenvalue weighted by atomic mass is 9.76. The second-order valence-corrected chi connectivity index (χ2v) is 19.8. The van der Waals surface area contributed by atoms with Gasteiger partial charge in [0.1, 0.15) is 11.5 Å². The minimum absolute atomic E-state index is 0.0356. The first-order valence-electron chi connectivity index (χ1n) is 15.4. The molecule has 0 amide bonds. The normalized spacial score (nSPS) is 15.7. The van der Waals surface area contributed by atoms with Crippen molar-refractivity contribution >= 4 is 11.8 Å². The van der Waals surface area contributed by atoms with E-state index in [-0.39, 0.29) is 43.0 Å². The van der Waals surface area contributed by atoms with Gasteiger partial charge in [-0.2, -0.15) is 0 Å². The van der Waals surface area contributed by atoms with Crippen LogP contribution in [0.2, 0.25) is 0 Å². The fourth-order valence-corrected chi connectivity index (χ4v) is 7.28. The monoisotopic (exact) mass is 582 g/mol. The largest absolute Gasteiger partial charge is 0.507 e. The Kier molecular flexibility index (Phi) is 9.67. The zero-order chi connectivity index (χ0) is 32.3. The van der Waals surface area contributed by atoms with E-state index in [1.54, 1.807) is 0 Å². The number of phenols is 2. The molecule has 2 aromatic carbocycles. The average molecular weight is 583 g/mol. The molecule has 0 aliphatic carbocycles. The summed E-state index contributed by atoms with van der Waals surface area (Å²) in [6, 6.07) is 9.08. The first-order chi connectivity index (χ1) is 18.0. The van der Waals surface area contributed by atoms with Gasteiger partial charge in [0.25, 0.3) is 0 Å². The molecule has 0 aliphatic heterocycles. The number of thioether (sulfide) groups is 1. The first kappa shape index (κ1) is 35.6. The lowest BCUT2D eigenvalue weighted by Crippen LogP contribution is -2.25. The van der Waals surface area contributed by atoms with Gasteiger partial charge in [-0.3, -0.25) is 0 Å². The molecule has 2 N–H and O–H groups in total. The van der Waals surface area contributed by atoms with Gasteiger partial charge in [-0.1, -0.05) is 149 Å². The van der Waals surface area contributed by atoms with Crippen LogP contribution in [-0.2, 0) is 21.7 Å². The molecule has 0 bridgehead atoms. The van der Waals surface area contributed by atoms with Gasteiger partial charge in [-0.15, -0.1) is 11.8 Å². The fourth-order valence-electron chi connectivity index (χ4n) is 5.60. The molecule has 0 radical (unpaired) electrons. The third-order valence-electron chi connectivity index (χ3n) is 7.95. The predicted molar refractivity (Wildman–Crippen MR) is 183 cm³/mol. The van der Waals surface area contributed by atoms with E-state index >= 15 is 0 Å². The van der Waals surface area contributed by atoms with E-state index in [4.69, 9.17) is 0 Å². The van der Waals surface area contributed by atoms with Crippen LogP contribution < -0.4 is 0 Å². The highest BCUT2D eigenvalue weighted by molar-refractivity contribution is 7.99. The number of aromatic hydroxyl groups is 2. The summed E-state index contributed by atoms with van der Waals surface area (Å²) >= 11 is 2.04. The van der Waals surface area contributed by atoms with Gasteiger partial charge in [0.05, 0.1) is 0 Å². The molecule has 2 aromatic rings. The minimum Gasteiger partial charge on any atom is -0.507 e. The maximum absolute atomic E-state index is 11.5. The van der Waals surface area contributed by atoms with Crippen molar-refractivity contribution in [1.29, 1.82) is 0 Å². The zero-order valence-corrected chi connectivity index (χ0v) is 30.6. The van der Waals surface area contributed by atoms with Crippen molar-refractivity contribution in [2.24, 2.45) is 10.8 Å². The summed E-state index contributed by atoms with van der Waals surface area (Å²) in [4.78, 5) is 0. The summed E-state index contributed by atoms with van der Waals surface area (Å²) in [5, 5.41) is 23.3. The van der Waals surface area contributed by atoms with Gasteiger partial charge in [0, 0.05) is 10.5 Å². The van der Waals surface area contributed by atoms with Gasteiger partial charge in [0.15, 0.2) is 0 Å². The number of rotatable bonds is 4. The Hall–Kier alpha value is -1.61. The molecule has 0 saturated carbocycles. The van der Waals surface area contributed by atoms with Gasteiger partial charge in [-0.05, 0) is 65.9 Å². The summed E-state index contributed by atoms with van der Waals surface area (Å²) in [6.45, 7) is 40.3. The Labute approximate surface area is 258 Å². The second kappa shape index (κ2) is 11.1. The highest BCUT2D eigenvalue weighted by atomic mass is 32.2. The van der Waals surface area contributed by atoms with Gasteiger partial charge >= 0.3 is 0 Å². The van der Waals surface area contributed by atoms with Crippen molar-refractivity contribution in [1.82, 2.24) is 0 Å². The van der Waals surface area contributed by atoms with Crippen LogP contribution in [0, 0.1) is 10.8 Å². The molecule has 0 fully saturated rings. The molecular formula is C38H62O2S. The standard InChI is InChI=1S/C38H62O2S/c1-33(2,3)25-19-23(20-26(29(25)39)34(4,5)6)31(37(13,14)15)41-32(38(16,17)18)24-21-27(35(7,8)9)30(40)28(22-24)36(10,11)12/h19-22,31-32,39-40H,1-18H3. The summed E-state index contributed by atoms with van der Waals surface area (Å²) < 4.78 is 0. The van der Waals surface area contributed by atoms with Gasteiger partial charge in [-0.25, -0.2) is 0 Å². The van der Waals surface area contributed by atoms with Crippen LogP contribution in [0.3, 0.4) is 0 Å². The van der Waals surface area contributed by atoms with E-state index in [0.717, 1.165) is 22.3 Å². The van der Waals surface area contributed by atoms with Crippen molar-refractivity contribution in [2.75, 3.05) is 0 Å². The molecule has 0 aromatic heterocycles. The topological polar surface area (TPSA) is 40.5 Å². The molecule has 0 spiro atoms. The van der Waals surface area contributed by atoms with Crippen molar-refractivity contribution in [3.8, 4) is 11.5 Å². The highest BCUT2D eigenvalue weighted by Gasteiger charge is 2.39. The Bertz CT molecular complexity index is 1060. The molecule has 2 atom stereocenters. The summed E-state index contributed by atoms with van der Waals surface area (Å²) in [6.07, 6.45) is 0. The van der Waals surface area contributed by atoms with Crippen LogP contribution in [-0.4, -0.2) is 10.2 Å². The Morgan fingerprint density at radius 1 is 0.415 bits per heavy atom. The van der Waals surface area contributed by atoms with E-state index in [0.29, 0.717) is 11.5 Å². The maximum Gasteiger partial charge on any atom is 0.123 e. The summed E-state index contributed by atoms with van der Waals surface area (Å²) in [5.74, 6) is 0.865. The van der Waals surface area contributed by atoms with Crippen LogP contribution in [0.4, 0.5) is 0 Å². The number of benzene rings is 2. The highest BCUT2D eigenvalue weighted by Crippen LogP contribution is 2.57. The third kappa shape index (κ3) is 8.27. The van der Waals surface area contributed by atoms with Crippen molar-refractivity contribution < 1.29 is 10.2 Å². The van der Waals surface area contributed by atoms with Crippen molar-refractivity contribution in [3.63, 3.8) is 0 Å². The van der Waals surface area contributed by atoms with Crippen LogP contribution in [0.25, 0.3) is 0 Å². The van der Waals surface area contributed by atoms with Crippen LogP contribution in [0.5, 0.6) is 11.5 Å². The third-order valence-corrected chi connectivity index (χ3v) is 10.5. The predicted octanol–water partition coefficient (Wildman–Crippen LogP) is 11.9. The SMILES string of the molecule is CC(C)(C)c1cc(C(SC(c2cc(C(C)(C)C)c(O)c(C(C)(C)C)c2)C(C)(C)C)C(C)(C)C)cc(C(C)(C)C)c1O. The van der Waals surface area contributed by atoms with Crippen LogP contribution >= 0.6 is 11.8 Å². The van der Waals surface area contributed by atoms with Crippen molar-refractivity contribution in [2.45, 2.75) is 157 Å². The minimum atomic E-state index is -0.184. The summed E-state index contributed by atoms with van der Waals surface area (Å²) in [7, 11) is 0. The van der Waals surface area contributed by atoms with E-state index in [9.17, 15) is 10.2 Å². The smallest absolute Gasteiger partial charge is 0.123 e. The Balaban J connectivity index is 2.93. The number of phenolic OH excluding ortho intramolecular Hbond substituents is 2. The van der Waals surface area contributed by atoms with E-state index < -0.39 is 0 Å². The molecule has 2 unspecified atom stereocenters. The quantitative estimate of drug-likeness (QED) is 0.377. The van der Waals surface area contributed by atoms with Gasteiger partial charge < -0.3 is 10.2 Å². The molecule has 0 aliphatic rings. The van der Waals surface area contributed by atoms with E-state index in [2.05, 4.69) is 149 Å². The van der Waals surface area contributed by atoms with E-state index in [1.807, 2.05) is 11.8 Å². The Morgan fingerprint density at radius 2 is 0.610 bits per heavy atom.